The first-order valence-electron chi connectivity index (χ1n) is 7.25. The van der Waals surface area contributed by atoms with Crippen LogP contribution < -0.4 is 5.32 Å². The number of hydrogen-bond acceptors (Lipinski definition) is 5. The molecule has 0 amide bonds. The molecular formula is C14H20N6. The zero-order chi connectivity index (χ0) is 13.8. The van der Waals surface area contributed by atoms with Gasteiger partial charge in [-0.1, -0.05) is 6.42 Å². The van der Waals surface area contributed by atoms with Crippen LogP contribution in [0, 0.1) is 0 Å². The van der Waals surface area contributed by atoms with Crippen LogP contribution in [-0.4, -0.2) is 24.7 Å². The fourth-order valence-electron chi connectivity index (χ4n) is 2.60. The van der Waals surface area contributed by atoms with Crippen molar-refractivity contribution in [3.8, 4) is 0 Å². The van der Waals surface area contributed by atoms with Gasteiger partial charge in [-0.05, 0) is 19.8 Å². The first-order chi connectivity index (χ1) is 9.84. The summed E-state index contributed by atoms with van der Waals surface area (Å²) >= 11 is 0. The number of aryl methyl sites for hydroxylation is 1. The van der Waals surface area contributed by atoms with E-state index in [1.807, 2.05) is 0 Å². The molecule has 3 rings (SSSR count). The van der Waals surface area contributed by atoms with E-state index < -0.39 is 0 Å². The lowest BCUT2D eigenvalue weighted by Gasteiger charge is -2.14. The van der Waals surface area contributed by atoms with Crippen molar-refractivity contribution in [2.24, 2.45) is 0 Å². The molecule has 1 atom stereocenters. The number of nitrogens with one attached hydrogen (secondary N) is 1. The average Bonchev–Trinajstić information content (AvgIpc) is 2.75. The Labute approximate surface area is 118 Å². The first-order valence-corrected chi connectivity index (χ1v) is 7.25. The third-order valence-electron chi connectivity index (χ3n) is 3.73. The van der Waals surface area contributed by atoms with Gasteiger partial charge in [-0.25, -0.2) is 0 Å². The molecule has 6 nitrogen and oxygen atoms in total. The molecular weight excluding hydrogens is 252 g/mol. The van der Waals surface area contributed by atoms with Crippen molar-refractivity contribution >= 4 is 0 Å². The summed E-state index contributed by atoms with van der Waals surface area (Å²) < 4.78 is 2.28. The SMILES string of the molecule is CC(NCc1cnccn1)c1nnc2n1CCCCC2. The Morgan fingerprint density at radius 1 is 1.25 bits per heavy atom. The highest BCUT2D eigenvalue weighted by atomic mass is 15.3. The molecule has 0 radical (unpaired) electrons. The lowest BCUT2D eigenvalue weighted by molar-refractivity contribution is 0.498. The lowest BCUT2D eigenvalue weighted by atomic mass is 10.2. The van der Waals surface area contributed by atoms with Gasteiger partial charge >= 0.3 is 0 Å². The molecule has 0 saturated carbocycles. The molecule has 2 aromatic rings. The van der Waals surface area contributed by atoms with Crippen LogP contribution in [0.15, 0.2) is 18.6 Å². The number of hydrogen-bond donors (Lipinski definition) is 1. The van der Waals surface area contributed by atoms with E-state index in [-0.39, 0.29) is 6.04 Å². The van der Waals surface area contributed by atoms with Gasteiger partial charge < -0.3 is 9.88 Å². The van der Waals surface area contributed by atoms with Crippen molar-refractivity contribution in [2.75, 3.05) is 0 Å². The minimum Gasteiger partial charge on any atom is -0.314 e. The molecule has 0 spiro atoms. The molecule has 1 aliphatic rings. The summed E-state index contributed by atoms with van der Waals surface area (Å²) in [5, 5.41) is 12.1. The van der Waals surface area contributed by atoms with Crippen molar-refractivity contribution in [3.63, 3.8) is 0 Å². The van der Waals surface area contributed by atoms with Gasteiger partial charge in [-0.15, -0.1) is 10.2 Å². The highest BCUT2D eigenvalue weighted by Crippen LogP contribution is 2.18. The largest absolute Gasteiger partial charge is 0.314 e. The first kappa shape index (κ1) is 13.2. The molecule has 0 aromatic carbocycles. The smallest absolute Gasteiger partial charge is 0.149 e. The number of aromatic nitrogens is 5. The van der Waals surface area contributed by atoms with E-state index in [1.165, 1.54) is 19.3 Å². The van der Waals surface area contributed by atoms with Crippen LogP contribution >= 0.6 is 0 Å². The van der Waals surface area contributed by atoms with E-state index in [1.54, 1.807) is 18.6 Å². The van der Waals surface area contributed by atoms with Crippen molar-refractivity contribution in [1.29, 1.82) is 0 Å². The molecule has 1 unspecified atom stereocenters. The van der Waals surface area contributed by atoms with Gasteiger partial charge in [0, 0.05) is 38.1 Å². The maximum absolute atomic E-state index is 4.37. The van der Waals surface area contributed by atoms with Gasteiger partial charge in [-0.3, -0.25) is 9.97 Å². The fraction of sp³-hybridized carbons (Fsp3) is 0.571. The Morgan fingerprint density at radius 2 is 2.20 bits per heavy atom. The molecule has 106 valence electrons. The van der Waals surface area contributed by atoms with Gasteiger partial charge in [-0.2, -0.15) is 0 Å². The van der Waals surface area contributed by atoms with Crippen LogP contribution in [0.5, 0.6) is 0 Å². The third-order valence-corrected chi connectivity index (χ3v) is 3.73. The Hall–Kier alpha value is -1.82. The number of fused-ring (bicyclic) bond motifs is 1. The second-order valence-electron chi connectivity index (χ2n) is 5.24. The van der Waals surface area contributed by atoms with Gasteiger partial charge in [0.25, 0.3) is 0 Å². The van der Waals surface area contributed by atoms with Crippen molar-refractivity contribution in [1.82, 2.24) is 30.0 Å². The molecule has 0 fully saturated rings. The maximum atomic E-state index is 4.37. The van der Waals surface area contributed by atoms with E-state index in [2.05, 4.69) is 37.0 Å². The summed E-state index contributed by atoms with van der Waals surface area (Å²) in [6.07, 6.45) is 9.95. The van der Waals surface area contributed by atoms with Crippen molar-refractivity contribution < 1.29 is 0 Å². The summed E-state index contributed by atoms with van der Waals surface area (Å²) in [7, 11) is 0. The summed E-state index contributed by atoms with van der Waals surface area (Å²) in [4.78, 5) is 8.34. The predicted octanol–water partition coefficient (Wildman–Crippen LogP) is 1.65. The fourth-order valence-corrected chi connectivity index (χ4v) is 2.60. The van der Waals surface area contributed by atoms with Crippen LogP contribution in [-0.2, 0) is 19.5 Å². The minimum absolute atomic E-state index is 0.163. The van der Waals surface area contributed by atoms with Crippen LogP contribution in [0.25, 0.3) is 0 Å². The van der Waals surface area contributed by atoms with Gasteiger partial charge in [0.15, 0.2) is 0 Å². The van der Waals surface area contributed by atoms with Gasteiger partial charge in [0.2, 0.25) is 0 Å². The molecule has 3 heterocycles. The van der Waals surface area contributed by atoms with Crippen LogP contribution in [0.2, 0.25) is 0 Å². The molecule has 1 aliphatic heterocycles. The molecule has 0 bridgehead atoms. The van der Waals surface area contributed by atoms with Crippen LogP contribution in [0.3, 0.4) is 0 Å². The lowest BCUT2D eigenvalue weighted by Crippen LogP contribution is -2.22. The maximum Gasteiger partial charge on any atom is 0.149 e. The molecule has 6 heteroatoms. The Balaban J connectivity index is 1.68. The monoisotopic (exact) mass is 272 g/mol. The summed E-state index contributed by atoms with van der Waals surface area (Å²) in [5.41, 5.74) is 0.940. The second-order valence-corrected chi connectivity index (χ2v) is 5.24. The van der Waals surface area contributed by atoms with E-state index in [9.17, 15) is 0 Å². The molecule has 20 heavy (non-hydrogen) atoms. The van der Waals surface area contributed by atoms with E-state index >= 15 is 0 Å². The highest BCUT2D eigenvalue weighted by Gasteiger charge is 2.18. The normalized spacial score (nSPS) is 16.4. The number of rotatable bonds is 4. The third kappa shape index (κ3) is 2.85. The standard InChI is InChI=1S/C14H20N6/c1-11(17-10-12-9-15-6-7-16-12)14-19-18-13-5-3-2-4-8-20(13)14/h6-7,9,11,17H,2-5,8,10H2,1H3. The van der Waals surface area contributed by atoms with Gasteiger partial charge in [0.1, 0.15) is 11.6 Å². The second kappa shape index (κ2) is 6.09. The van der Waals surface area contributed by atoms with Crippen LogP contribution in [0.4, 0.5) is 0 Å². The van der Waals surface area contributed by atoms with E-state index in [0.717, 1.165) is 30.3 Å². The quantitative estimate of drug-likeness (QED) is 0.916. The molecule has 0 aliphatic carbocycles. The number of nitrogens with zero attached hydrogens (tertiary/aromatic N) is 5. The van der Waals surface area contributed by atoms with E-state index in [0.29, 0.717) is 6.54 Å². The van der Waals surface area contributed by atoms with Gasteiger partial charge in [0.05, 0.1) is 11.7 Å². The Morgan fingerprint density at radius 3 is 3.05 bits per heavy atom. The summed E-state index contributed by atoms with van der Waals surface area (Å²) in [6.45, 7) is 3.85. The molecule has 0 saturated heterocycles. The topological polar surface area (TPSA) is 68.5 Å². The summed E-state index contributed by atoms with van der Waals surface area (Å²) in [5.74, 6) is 2.16. The summed E-state index contributed by atoms with van der Waals surface area (Å²) in [6, 6.07) is 0.163. The van der Waals surface area contributed by atoms with Crippen molar-refractivity contribution in [2.45, 2.75) is 51.7 Å². The predicted molar refractivity (Wildman–Crippen MR) is 74.9 cm³/mol. The van der Waals surface area contributed by atoms with E-state index in [4.69, 9.17) is 0 Å². The Bertz CT molecular complexity index is 550. The molecule has 2 aromatic heterocycles. The van der Waals surface area contributed by atoms with Crippen LogP contribution in [0.1, 0.15) is 49.6 Å². The zero-order valence-electron chi connectivity index (χ0n) is 11.8. The highest BCUT2D eigenvalue weighted by molar-refractivity contribution is 5.03. The minimum atomic E-state index is 0.163. The van der Waals surface area contributed by atoms with Crippen molar-refractivity contribution in [3.05, 3.63) is 35.9 Å². The average molecular weight is 272 g/mol. The zero-order valence-corrected chi connectivity index (χ0v) is 11.8. The Kier molecular flexibility index (Phi) is 4.01. The molecule has 1 N–H and O–H groups in total.